The minimum absolute atomic E-state index is 0.0392. The van der Waals surface area contributed by atoms with Gasteiger partial charge < -0.3 is 25.2 Å². The zero-order valence-corrected chi connectivity index (χ0v) is 18.3. The Labute approximate surface area is 191 Å². The number of amides is 2. The Morgan fingerprint density at radius 2 is 1.94 bits per heavy atom. The molecule has 0 spiro atoms. The number of carbonyl (C=O) groups excluding carboxylic acids is 2. The Bertz CT molecular complexity index is 1140. The largest absolute Gasteiger partial charge is 0.493 e. The van der Waals surface area contributed by atoms with Crippen molar-refractivity contribution >= 4 is 46.6 Å². The molecule has 0 radical (unpaired) electrons. The van der Waals surface area contributed by atoms with Crippen LogP contribution in [0.3, 0.4) is 0 Å². The first-order valence-electron chi connectivity index (χ1n) is 9.44. The molecular weight excluding hydrogens is 455 g/mol. The van der Waals surface area contributed by atoms with Gasteiger partial charge in [-0.05, 0) is 36.4 Å². The Morgan fingerprint density at radius 1 is 1.21 bits per heavy atom. The summed E-state index contributed by atoms with van der Waals surface area (Å²) in [5.74, 6) is -2.22. The Balaban J connectivity index is 1.67. The van der Waals surface area contributed by atoms with Crippen LogP contribution in [0.1, 0.15) is 22.3 Å². The van der Waals surface area contributed by atoms with Crippen LogP contribution in [0.5, 0.6) is 11.5 Å². The fourth-order valence-corrected chi connectivity index (χ4v) is 3.84. The number of ether oxygens (including phenoxy) is 2. The SMILES string of the molecule is COc1ccc(/C=N\N=C2/NC(=O)C(CC(=O)Nc3ccc(F)cc3)S2)c(C(=O)O)c1OC. The molecule has 12 heteroatoms. The third-order valence-electron chi connectivity index (χ3n) is 4.41. The van der Waals surface area contributed by atoms with Crippen molar-refractivity contribution in [2.24, 2.45) is 10.2 Å². The molecule has 2 aromatic rings. The highest BCUT2D eigenvalue weighted by atomic mass is 32.2. The van der Waals surface area contributed by atoms with Gasteiger partial charge in [0, 0.05) is 17.7 Å². The van der Waals surface area contributed by atoms with Crippen LogP contribution in [0.2, 0.25) is 0 Å². The number of carboxylic acids is 1. The number of anilines is 1. The van der Waals surface area contributed by atoms with Crippen molar-refractivity contribution in [2.45, 2.75) is 11.7 Å². The zero-order chi connectivity index (χ0) is 24.0. The minimum Gasteiger partial charge on any atom is -0.493 e. The second-order valence-corrected chi connectivity index (χ2v) is 7.77. The molecule has 1 fully saturated rings. The van der Waals surface area contributed by atoms with Crippen molar-refractivity contribution < 1.29 is 33.4 Å². The third kappa shape index (κ3) is 5.86. The van der Waals surface area contributed by atoms with Gasteiger partial charge in [-0.15, -0.1) is 5.10 Å². The number of carboxylic acid groups (broad SMARTS) is 1. The van der Waals surface area contributed by atoms with E-state index in [0.29, 0.717) is 5.69 Å². The van der Waals surface area contributed by atoms with Crippen LogP contribution >= 0.6 is 11.8 Å². The van der Waals surface area contributed by atoms with Crippen molar-refractivity contribution in [3.63, 3.8) is 0 Å². The fourth-order valence-electron chi connectivity index (χ4n) is 2.91. The minimum atomic E-state index is -1.24. The molecule has 10 nitrogen and oxygen atoms in total. The number of aromatic carboxylic acids is 1. The van der Waals surface area contributed by atoms with E-state index >= 15 is 0 Å². The standard InChI is InChI=1S/C21H19FN4O6S/c1-31-14-8-3-11(17(20(29)30)18(14)32-2)10-23-26-21-25-19(28)15(33-21)9-16(27)24-13-6-4-12(22)5-7-13/h3-8,10,15H,9H2,1-2H3,(H,24,27)(H,29,30)(H,25,26,28)/b23-10-. The highest BCUT2D eigenvalue weighted by Gasteiger charge is 2.32. The van der Waals surface area contributed by atoms with Gasteiger partial charge in [0.2, 0.25) is 11.8 Å². The molecule has 172 valence electrons. The number of hydrogen-bond acceptors (Lipinski definition) is 8. The van der Waals surface area contributed by atoms with Crippen molar-refractivity contribution in [2.75, 3.05) is 19.5 Å². The smallest absolute Gasteiger partial charge is 0.340 e. The predicted molar refractivity (Wildman–Crippen MR) is 121 cm³/mol. The molecule has 0 aromatic heterocycles. The van der Waals surface area contributed by atoms with Crippen LogP contribution in [0.25, 0.3) is 0 Å². The lowest BCUT2D eigenvalue weighted by Crippen LogP contribution is -2.28. The highest BCUT2D eigenvalue weighted by Crippen LogP contribution is 2.33. The summed E-state index contributed by atoms with van der Waals surface area (Å²) >= 11 is 1.01. The number of benzene rings is 2. The van der Waals surface area contributed by atoms with Crippen molar-refractivity contribution in [1.29, 1.82) is 0 Å². The van der Waals surface area contributed by atoms with E-state index in [2.05, 4.69) is 20.8 Å². The molecular formula is C21H19FN4O6S. The van der Waals surface area contributed by atoms with Crippen LogP contribution in [-0.4, -0.2) is 53.7 Å². The molecule has 3 rings (SSSR count). The monoisotopic (exact) mass is 474 g/mol. The second kappa shape index (κ2) is 10.6. The van der Waals surface area contributed by atoms with Gasteiger partial charge in [-0.3, -0.25) is 9.59 Å². The number of thioether (sulfide) groups is 1. The van der Waals surface area contributed by atoms with E-state index in [1.807, 2.05) is 0 Å². The van der Waals surface area contributed by atoms with Gasteiger partial charge in [0.1, 0.15) is 16.6 Å². The number of rotatable bonds is 8. The summed E-state index contributed by atoms with van der Waals surface area (Å²) < 4.78 is 23.2. The quantitative estimate of drug-likeness (QED) is 0.395. The summed E-state index contributed by atoms with van der Waals surface area (Å²) in [7, 11) is 2.71. The number of carbonyl (C=O) groups is 3. The summed E-state index contributed by atoms with van der Waals surface area (Å²) in [5.41, 5.74) is 0.473. The summed E-state index contributed by atoms with van der Waals surface area (Å²) in [6, 6.07) is 8.26. The molecule has 33 heavy (non-hydrogen) atoms. The van der Waals surface area contributed by atoms with Gasteiger partial charge in [-0.25, -0.2) is 9.18 Å². The molecule has 1 atom stereocenters. The number of halogens is 1. The topological polar surface area (TPSA) is 139 Å². The lowest BCUT2D eigenvalue weighted by Gasteiger charge is -2.11. The summed E-state index contributed by atoms with van der Waals surface area (Å²) in [5, 5.41) is 21.8. The van der Waals surface area contributed by atoms with E-state index < -0.39 is 28.9 Å². The molecule has 1 heterocycles. The molecule has 1 saturated heterocycles. The lowest BCUT2D eigenvalue weighted by molar-refractivity contribution is -0.122. The van der Waals surface area contributed by atoms with E-state index in [4.69, 9.17) is 9.47 Å². The van der Waals surface area contributed by atoms with E-state index in [1.165, 1.54) is 56.8 Å². The number of methoxy groups -OCH3 is 2. The summed E-state index contributed by atoms with van der Waals surface area (Å²) in [6.07, 6.45) is 1.08. The van der Waals surface area contributed by atoms with Gasteiger partial charge >= 0.3 is 5.97 Å². The summed E-state index contributed by atoms with van der Waals surface area (Å²) in [6.45, 7) is 0. The van der Waals surface area contributed by atoms with E-state index in [1.54, 1.807) is 0 Å². The molecule has 0 bridgehead atoms. The van der Waals surface area contributed by atoms with E-state index in [-0.39, 0.29) is 34.2 Å². The average molecular weight is 474 g/mol. The second-order valence-electron chi connectivity index (χ2n) is 6.58. The van der Waals surface area contributed by atoms with E-state index in [9.17, 15) is 23.9 Å². The Morgan fingerprint density at radius 3 is 2.58 bits per heavy atom. The van der Waals surface area contributed by atoms with E-state index in [0.717, 1.165) is 11.8 Å². The molecule has 3 N–H and O–H groups in total. The maximum atomic E-state index is 13.0. The fraction of sp³-hybridized carbons (Fsp3) is 0.190. The van der Waals surface area contributed by atoms with Gasteiger partial charge in [-0.2, -0.15) is 5.10 Å². The number of amidine groups is 1. The van der Waals surface area contributed by atoms with Crippen molar-refractivity contribution in [1.82, 2.24) is 5.32 Å². The average Bonchev–Trinajstić information content (AvgIpc) is 3.13. The van der Waals surface area contributed by atoms with Crippen molar-refractivity contribution in [3.8, 4) is 11.5 Å². The van der Waals surface area contributed by atoms with Crippen LogP contribution in [0.15, 0.2) is 46.6 Å². The van der Waals surface area contributed by atoms with Gasteiger partial charge in [-0.1, -0.05) is 11.8 Å². The molecule has 0 aliphatic carbocycles. The van der Waals surface area contributed by atoms with Crippen molar-refractivity contribution in [3.05, 3.63) is 53.3 Å². The lowest BCUT2D eigenvalue weighted by atomic mass is 10.1. The first-order valence-corrected chi connectivity index (χ1v) is 10.3. The predicted octanol–water partition coefficient (Wildman–Crippen LogP) is 2.49. The normalized spacial score (nSPS) is 16.6. The number of hydrogen-bond donors (Lipinski definition) is 3. The van der Waals surface area contributed by atoms with Gasteiger partial charge in [0.05, 0.1) is 20.4 Å². The molecule has 2 aromatic carbocycles. The first-order chi connectivity index (χ1) is 15.8. The maximum absolute atomic E-state index is 13.0. The summed E-state index contributed by atoms with van der Waals surface area (Å²) in [4.78, 5) is 36.0. The Hall–Kier alpha value is -3.93. The zero-order valence-electron chi connectivity index (χ0n) is 17.5. The number of nitrogens with zero attached hydrogens (tertiary/aromatic N) is 2. The molecule has 1 unspecified atom stereocenters. The van der Waals surface area contributed by atoms with Crippen LogP contribution in [0.4, 0.5) is 10.1 Å². The molecule has 2 amide bonds. The highest BCUT2D eigenvalue weighted by molar-refractivity contribution is 8.15. The maximum Gasteiger partial charge on any atom is 0.340 e. The van der Waals surface area contributed by atoms with Gasteiger partial charge in [0.15, 0.2) is 16.7 Å². The molecule has 0 saturated carbocycles. The molecule has 1 aliphatic rings. The van der Waals surface area contributed by atoms with Crippen LogP contribution < -0.4 is 20.1 Å². The Kier molecular flexibility index (Phi) is 7.61. The van der Waals surface area contributed by atoms with Crippen LogP contribution in [0, 0.1) is 5.82 Å². The third-order valence-corrected chi connectivity index (χ3v) is 5.48. The van der Waals surface area contributed by atoms with Gasteiger partial charge in [0.25, 0.3) is 0 Å². The molecule has 1 aliphatic heterocycles. The first kappa shape index (κ1) is 23.7. The number of nitrogens with one attached hydrogen (secondary N) is 2. The van der Waals surface area contributed by atoms with Crippen LogP contribution in [-0.2, 0) is 9.59 Å².